The minimum Gasteiger partial charge on any atom is -0.507 e. The van der Waals surface area contributed by atoms with E-state index < -0.39 is 23.6 Å². The number of aromatic nitrogens is 1. The van der Waals surface area contributed by atoms with Crippen LogP contribution in [0.4, 0.5) is 15.0 Å². The highest BCUT2D eigenvalue weighted by atomic mass is 35.5. The summed E-state index contributed by atoms with van der Waals surface area (Å²) in [4.78, 5) is 36.8. The minimum absolute atomic E-state index is 0.0270. The molecular weight excluding hydrogens is 543 g/mol. The number of hydrogen-bond acceptors (Lipinski definition) is 8. The van der Waals surface area contributed by atoms with E-state index in [4.69, 9.17) is 30.8 Å². The molecular formula is C28H34ClFN4O6. The maximum Gasteiger partial charge on any atom is 0.410 e. The van der Waals surface area contributed by atoms with Gasteiger partial charge in [0.25, 0.3) is 5.91 Å². The number of phenolic OH excluding ortho intramolecular Hbond substituents is 1. The third-order valence-electron chi connectivity index (χ3n) is 7.05. The van der Waals surface area contributed by atoms with E-state index in [1.165, 1.54) is 18.2 Å². The Labute approximate surface area is 237 Å². The molecule has 2 saturated heterocycles. The monoisotopic (exact) mass is 576 g/mol. The van der Waals surface area contributed by atoms with Crippen molar-refractivity contribution in [2.24, 2.45) is 0 Å². The number of benzene rings is 1. The quantitative estimate of drug-likeness (QED) is 0.564. The SMILES string of the molecule is C[C@@H]1CN(c2nc(-c3c(O)cccc3F)c(Cl)c3c2C(=O)N2CCN(C(=O)OC(C)(C)C)C[C@@H]2CO3)C[C@@H](C)O1. The normalized spacial score (nSPS) is 23.2. The smallest absolute Gasteiger partial charge is 0.410 e. The second kappa shape index (κ2) is 10.6. The maximum atomic E-state index is 15.0. The highest BCUT2D eigenvalue weighted by Gasteiger charge is 2.42. The Bertz CT molecular complexity index is 1300. The third kappa shape index (κ3) is 5.36. The van der Waals surface area contributed by atoms with Crippen molar-refractivity contribution in [3.63, 3.8) is 0 Å². The van der Waals surface area contributed by atoms with Crippen LogP contribution < -0.4 is 9.64 Å². The van der Waals surface area contributed by atoms with Crippen molar-refractivity contribution in [3.05, 3.63) is 34.6 Å². The Balaban J connectivity index is 1.59. The molecule has 1 aromatic carbocycles. The van der Waals surface area contributed by atoms with Crippen molar-refractivity contribution >= 4 is 29.4 Å². The van der Waals surface area contributed by atoms with E-state index in [1.807, 2.05) is 18.7 Å². The number of fused-ring (bicyclic) bond motifs is 2. The number of carbonyl (C=O) groups is 2. The summed E-state index contributed by atoms with van der Waals surface area (Å²) >= 11 is 6.80. The molecule has 0 spiro atoms. The number of piperazine rings is 1. The van der Waals surface area contributed by atoms with Gasteiger partial charge < -0.3 is 34.0 Å². The number of phenols is 1. The van der Waals surface area contributed by atoms with Crippen molar-refractivity contribution in [1.29, 1.82) is 0 Å². The molecule has 3 aliphatic rings. The zero-order chi connectivity index (χ0) is 28.9. The van der Waals surface area contributed by atoms with Crippen molar-refractivity contribution in [2.75, 3.05) is 44.2 Å². The first-order valence-corrected chi connectivity index (χ1v) is 13.7. The molecule has 10 nitrogen and oxygen atoms in total. The molecule has 1 aromatic heterocycles. The average molecular weight is 577 g/mol. The number of rotatable bonds is 2. The van der Waals surface area contributed by atoms with Gasteiger partial charge in [-0.2, -0.15) is 0 Å². The van der Waals surface area contributed by atoms with E-state index in [1.54, 1.807) is 30.6 Å². The molecule has 12 heteroatoms. The first-order chi connectivity index (χ1) is 18.8. The summed E-state index contributed by atoms with van der Waals surface area (Å²) in [6.45, 7) is 10.9. The second-order valence-electron chi connectivity index (χ2n) is 11.5. The Morgan fingerprint density at radius 1 is 1.15 bits per heavy atom. The van der Waals surface area contributed by atoms with Crippen molar-refractivity contribution < 1.29 is 33.3 Å². The van der Waals surface area contributed by atoms with E-state index in [2.05, 4.69) is 0 Å². The van der Waals surface area contributed by atoms with Crippen LogP contribution in [0.15, 0.2) is 18.2 Å². The van der Waals surface area contributed by atoms with Gasteiger partial charge in [0, 0.05) is 32.7 Å². The van der Waals surface area contributed by atoms with Gasteiger partial charge in [-0.3, -0.25) is 4.79 Å². The summed E-state index contributed by atoms with van der Waals surface area (Å²) in [5.41, 5.74) is -0.699. The fourth-order valence-electron chi connectivity index (χ4n) is 5.43. The summed E-state index contributed by atoms with van der Waals surface area (Å²) in [6, 6.07) is 3.46. The lowest BCUT2D eigenvalue weighted by Crippen LogP contribution is -2.58. The molecule has 0 aliphatic carbocycles. The van der Waals surface area contributed by atoms with E-state index in [9.17, 15) is 14.7 Å². The molecule has 4 heterocycles. The highest BCUT2D eigenvalue weighted by molar-refractivity contribution is 6.35. The fraction of sp³-hybridized carbons (Fsp3) is 0.536. The van der Waals surface area contributed by atoms with Crippen LogP contribution in [0.1, 0.15) is 45.0 Å². The number of carbonyl (C=O) groups excluding carboxylic acids is 2. The van der Waals surface area contributed by atoms with Gasteiger partial charge >= 0.3 is 6.09 Å². The molecule has 2 amide bonds. The summed E-state index contributed by atoms with van der Waals surface area (Å²) in [6.07, 6.45) is -0.779. The largest absolute Gasteiger partial charge is 0.507 e. The number of ether oxygens (including phenoxy) is 3. The number of pyridine rings is 1. The van der Waals surface area contributed by atoms with Crippen LogP contribution in [0.3, 0.4) is 0 Å². The van der Waals surface area contributed by atoms with Crippen molar-refractivity contribution in [2.45, 2.75) is 58.5 Å². The number of morpholine rings is 1. The molecule has 40 heavy (non-hydrogen) atoms. The van der Waals surface area contributed by atoms with Crippen LogP contribution in [0.5, 0.6) is 11.5 Å². The van der Waals surface area contributed by atoms with Gasteiger partial charge in [-0.1, -0.05) is 17.7 Å². The molecule has 0 radical (unpaired) electrons. The molecule has 0 unspecified atom stereocenters. The summed E-state index contributed by atoms with van der Waals surface area (Å²) in [5.74, 6) is -1.05. The number of nitrogens with zero attached hydrogens (tertiary/aromatic N) is 4. The number of halogens is 2. The van der Waals surface area contributed by atoms with Crippen molar-refractivity contribution in [1.82, 2.24) is 14.8 Å². The average Bonchev–Trinajstić information content (AvgIpc) is 3.00. The van der Waals surface area contributed by atoms with Crippen LogP contribution in [0.25, 0.3) is 11.3 Å². The Morgan fingerprint density at radius 2 is 1.85 bits per heavy atom. The van der Waals surface area contributed by atoms with Crippen LogP contribution in [0, 0.1) is 5.82 Å². The zero-order valence-electron chi connectivity index (χ0n) is 23.2. The molecule has 216 valence electrons. The van der Waals surface area contributed by atoms with Crippen LogP contribution in [-0.4, -0.2) is 95.1 Å². The number of anilines is 1. The first kappa shape index (κ1) is 28.2. The van der Waals surface area contributed by atoms with Gasteiger partial charge in [-0.05, 0) is 46.8 Å². The minimum atomic E-state index is -0.714. The van der Waals surface area contributed by atoms with Crippen LogP contribution >= 0.6 is 11.6 Å². The van der Waals surface area contributed by atoms with Gasteiger partial charge in [0.15, 0.2) is 5.75 Å². The van der Waals surface area contributed by atoms with Crippen LogP contribution in [0.2, 0.25) is 5.02 Å². The molecule has 3 aliphatic heterocycles. The number of aromatic hydroxyl groups is 1. The van der Waals surface area contributed by atoms with Gasteiger partial charge in [-0.25, -0.2) is 14.2 Å². The lowest BCUT2D eigenvalue weighted by molar-refractivity contribution is -0.00557. The Hall–Kier alpha value is -3.31. The van der Waals surface area contributed by atoms with Gasteiger partial charge in [0.05, 0.1) is 23.8 Å². The molecule has 0 saturated carbocycles. The fourth-order valence-corrected chi connectivity index (χ4v) is 5.72. The Morgan fingerprint density at radius 3 is 2.50 bits per heavy atom. The van der Waals surface area contributed by atoms with Gasteiger partial charge in [0.2, 0.25) is 0 Å². The van der Waals surface area contributed by atoms with E-state index in [-0.39, 0.29) is 83.5 Å². The lowest BCUT2D eigenvalue weighted by atomic mass is 10.0. The molecule has 1 N–H and O–H groups in total. The first-order valence-electron chi connectivity index (χ1n) is 13.4. The topological polar surface area (TPSA) is 105 Å². The summed E-state index contributed by atoms with van der Waals surface area (Å²) in [7, 11) is 0. The zero-order valence-corrected chi connectivity index (χ0v) is 24.0. The predicted molar refractivity (Wildman–Crippen MR) is 147 cm³/mol. The highest BCUT2D eigenvalue weighted by Crippen LogP contribution is 2.46. The molecule has 3 atom stereocenters. The van der Waals surface area contributed by atoms with Gasteiger partial charge in [-0.15, -0.1) is 0 Å². The van der Waals surface area contributed by atoms with E-state index in [0.717, 1.165) is 0 Å². The summed E-state index contributed by atoms with van der Waals surface area (Å²) in [5, 5.41) is 10.5. The predicted octanol–water partition coefficient (Wildman–Crippen LogP) is 4.31. The van der Waals surface area contributed by atoms with Crippen molar-refractivity contribution in [3.8, 4) is 22.8 Å². The van der Waals surface area contributed by atoms with Gasteiger partial charge in [0.1, 0.15) is 45.9 Å². The molecule has 2 fully saturated rings. The van der Waals surface area contributed by atoms with E-state index >= 15 is 4.39 Å². The standard InChI is InChI=1S/C28H34ClFN4O6/c1-15-11-33(12-16(2)39-15)25-21-24(22(29)23(31-25)20-18(30)7-6-8-19(20)35)38-14-17-13-32(9-10-34(17)26(21)36)27(37)40-28(3,4)5/h6-8,15-17,35H,9-14H2,1-5H3/t15-,16-,17-/m1/s1. The lowest BCUT2D eigenvalue weighted by Gasteiger charge is -2.40. The Kier molecular flexibility index (Phi) is 7.47. The molecule has 0 bridgehead atoms. The van der Waals surface area contributed by atoms with Crippen LogP contribution in [-0.2, 0) is 9.47 Å². The second-order valence-corrected chi connectivity index (χ2v) is 11.9. The number of amides is 2. The maximum absolute atomic E-state index is 15.0. The third-order valence-corrected chi connectivity index (χ3v) is 7.40. The molecule has 5 rings (SSSR count). The summed E-state index contributed by atoms with van der Waals surface area (Å²) < 4.78 is 32.7. The number of hydrogen-bond donors (Lipinski definition) is 1. The molecule has 2 aromatic rings. The van der Waals surface area contributed by atoms with E-state index in [0.29, 0.717) is 13.1 Å².